The summed E-state index contributed by atoms with van der Waals surface area (Å²) in [4.78, 5) is 23.1. The second-order valence-electron chi connectivity index (χ2n) is 3.65. The lowest BCUT2D eigenvalue weighted by molar-refractivity contribution is -0.144. The van der Waals surface area contributed by atoms with Crippen molar-refractivity contribution < 1.29 is 18.7 Å². The fourth-order valence-electron chi connectivity index (χ4n) is 1.34. The summed E-state index contributed by atoms with van der Waals surface area (Å²) in [5.41, 5.74) is 5.19. The zero-order valence-electron chi connectivity index (χ0n) is 10.2. The molecule has 0 spiro atoms. The minimum Gasteiger partial charge on any atom is -0.464 e. The van der Waals surface area contributed by atoms with Gasteiger partial charge < -0.3 is 15.8 Å². The van der Waals surface area contributed by atoms with Crippen molar-refractivity contribution >= 4 is 17.6 Å². The first-order valence-electron chi connectivity index (χ1n) is 5.48. The van der Waals surface area contributed by atoms with E-state index in [1.165, 1.54) is 19.1 Å². The lowest BCUT2D eigenvalue weighted by Gasteiger charge is -2.13. The maximum Gasteiger partial charge on any atom is 0.328 e. The lowest BCUT2D eigenvalue weighted by Crippen LogP contribution is -2.39. The van der Waals surface area contributed by atoms with Crippen LogP contribution in [0.4, 0.5) is 10.1 Å². The highest BCUT2D eigenvalue weighted by molar-refractivity contribution is 6.00. The number of para-hydroxylation sites is 1. The number of halogens is 1. The topological polar surface area (TPSA) is 81.4 Å². The van der Waals surface area contributed by atoms with E-state index in [9.17, 15) is 14.0 Å². The molecule has 1 amide bonds. The average Bonchev–Trinajstić information content (AvgIpc) is 2.32. The highest BCUT2D eigenvalue weighted by Gasteiger charge is 2.19. The zero-order valence-corrected chi connectivity index (χ0v) is 10.2. The summed E-state index contributed by atoms with van der Waals surface area (Å²) in [6.07, 6.45) is 0. The molecule has 0 radical (unpaired) electrons. The van der Waals surface area contributed by atoms with Crippen LogP contribution in [0, 0.1) is 5.82 Å². The van der Waals surface area contributed by atoms with Crippen molar-refractivity contribution in [1.82, 2.24) is 5.32 Å². The predicted octanol–water partition coefficient (Wildman–Crippen LogP) is 1.09. The van der Waals surface area contributed by atoms with Gasteiger partial charge in [-0.3, -0.25) is 4.79 Å². The normalized spacial score (nSPS) is 11.7. The van der Waals surface area contributed by atoms with Gasteiger partial charge in [-0.25, -0.2) is 9.18 Å². The van der Waals surface area contributed by atoms with Crippen molar-refractivity contribution in [3.63, 3.8) is 0 Å². The molecule has 6 heteroatoms. The highest BCUT2D eigenvalue weighted by Crippen LogP contribution is 2.15. The Hall–Kier alpha value is -2.11. The van der Waals surface area contributed by atoms with Gasteiger partial charge in [-0.1, -0.05) is 6.07 Å². The Labute approximate surface area is 104 Å². The summed E-state index contributed by atoms with van der Waals surface area (Å²) in [6.45, 7) is 3.36. The third-order valence-corrected chi connectivity index (χ3v) is 2.29. The van der Waals surface area contributed by atoms with Gasteiger partial charge in [0, 0.05) is 0 Å². The first-order chi connectivity index (χ1) is 8.47. The Bertz CT molecular complexity index is 463. The number of ether oxygens (including phenoxy) is 1. The molecule has 1 rings (SSSR count). The fourth-order valence-corrected chi connectivity index (χ4v) is 1.34. The highest BCUT2D eigenvalue weighted by atomic mass is 19.1. The third kappa shape index (κ3) is 3.19. The maximum absolute atomic E-state index is 13.2. The molecule has 0 heterocycles. The summed E-state index contributed by atoms with van der Waals surface area (Å²) in [7, 11) is 0. The Balaban J connectivity index is 2.77. The Morgan fingerprint density at radius 2 is 2.17 bits per heavy atom. The number of carbonyl (C=O) groups is 2. The quantitative estimate of drug-likeness (QED) is 0.622. The smallest absolute Gasteiger partial charge is 0.328 e. The fraction of sp³-hybridized carbons (Fsp3) is 0.333. The summed E-state index contributed by atoms with van der Waals surface area (Å²) < 4.78 is 17.9. The lowest BCUT2D eigenvalue weighted by atomic mass is 10.1. The van der Waals surface area contributed by atoms with Gasteiger partial charge in [-0.05, 0) is 26.0 Å². The van der Waals surface area contributed by atoms with Crippen LogP contribution in [0.1, 0.15) is 24.2 Å². The minimum atomic E-state index is -0.819. The van der Waals surface area contributed by atoms with Crippen LogP contribution in [0.5, 0.6) is 0 Å². The molecule has 1 aromatic rings. The molecule has 1 atom stereocenters. The average molecular weight is 254 g/mol. The minimum absolute atomic E-state index is 0.00820. The number of nitrogen functional groups attached to an aromatic ring is 1. The van der Waals surface area contributed by atoms with Gasteiger partial charge in [-0.2, -0.15) is 0 Å². The van der Waals surface area contributed by atoms with E-state index in [0.29, 0.717) is 0 Å². The standard InChI is InChI=1S/C12H15FN2O3/c1-3-18-12(17)7(2)15-11(16)8-5-4-6-9(13)10(8)14/h4-7H,3,14H2,1-2H3,(H,15,16). The summed E-state index contributed by atoms with van der Waals surface area (Å²) in [5.74, 6) is -1.85. The van der Waals surface area contributed by atoms with E-state index in [2.05, 4.69) is 5.32 Å². The molecule has 0 aliphatic heterocycles. The summed E-state index contributed by atoms with van der Waals surface area (Å²) in [5, 5.41) is 2.39. The van der Waals surface area contributed by atoms with Gasteiger partial charge in [0.2, 0.25) is 0 Å². The second-order valence-corrected chi connectivity index (χ2v) is 3.65. The van der Waals surface area contributed by atoms with E-state index in [1.807, 2.05) is 0 Å². The van der Waals surface area contributed by atoms with Crippen molar-refractivity contribution in [2.24, 2.45) is 0 Å². The number of nitrogens with one attached hydrogen (secondary N) is 1. The van der Waals surface area contributed by atoms with E-state index < -0.39 is 23.7 Å². The van der Waals surface area contributed by atoms with E-state index >= 15 is 0 Å². The SMILES string of the molecule is CCOC(=O)C(C)NC(=O)c1cccc(F)c1N. The van der Waals surface area contributed by atoms with Crippen LogP contribution in [0.15, 0.2) is 18.2 Å². The molecular formula is C12H15FN2O3. The number of hydrogen-bond acceptors (Lipinski definition) is 4. The molecule has 18 heavy (non-hydrogen) atoms. The van der Waals surface area contributed by atoms with Crippen LogP contribution in [-0.4, -0.2) is 24.5 Å². The number of carbonyl (C=O) groups excluding carboxylic acids is 2. The van der Waals surface area contributed by atoms with Gasteiger partial charge in [-0.15, -0.1) is 0 Å². The number of nitrogens with two attached hydrogens (primary N) is 1. The van der Waals surface area contributed by atoms with Crippen LogP contribution in [0.25, 0.3) is 0 Å². The molecule has 5 nitrogen and oxygen atoms in total. The molecule has 0 fully saturated rings. The Morgan fingerprint density at radius 3 is 2.78 bits per heavy atom. The van der Waals surface area contributed by atoms with E-state index in [4.69, 9.17) is 10.5 Å². The van der Waals surface area contributed by atoms with Gasteiger partial charge in [0.1, 0.15) is 11.9 Å². The molecule has 0 aliphatic carbocycles. The van der Waals surface area contributed by atoms with Gasteiger partial charge >= 0.3 is 5.97 Å². The molecule has 1 aromatic carbocycles. The number of amides is 1. The van der Waals surface area contributed by atoms with Crippen LogP contribution < -0.4 is 11.1 Å². The van der Waals surface area contributed by atoms with E-state index in [0.717, 1.165) is 6.07 Å². The summed E-state index contributed by atoms with van der Waals surface area (Å²) in [6, 6.07) is 3.09. The molecular weight excluding hydrogens is 239 g/mol. The van der Waals surface area contributed by atoms with E-state index in [-0.39, 0.29) is 17.9 Å². The van der Waals surface area contributed by atoms with Crippen molar-refractivity contribution in [3.8, 4) is 0 Å². The maximum atomic E-state index is 13.2. The molecule has 0 aromatic heterocycles. The van der Waals surface area contributed by atoms with Crippen LogP contribution >= 0.6 is 0 Å². The number of anilines is 1. The van der Waals surface area contributed by atoms with Crippen molar-refractivity contribution in [1.29, 1.82) is 0 Å². The molecule has 98 valence electrons. The first-order valence-corrected chi connectivity index (χ1v) is 5.48. The predicted molar refractivity (Wildman–Crippen MR) is 64.4 cm³/mol. The van der Waals surface area contributed by atoms with Crippen LogP contribution in [0.3, 0.4) is 0 Å². The third-order valence-electron chi connectivity index (χ3n) is 2.29. The van der Waals surface area contributed by atoms with E-state index in [1.54, 1.807) is 6.92 Å². The number of rotatable bonds is 4. The monoisotopic (exact) mass is 254 g/mol. The number of benzene rings is 1. The van der Waals surface area contributed by atoms with Crippen molar-refractivity contribution in [2.75, 3.05) is 12.3 Å². The molecule has 0 saturated heterocycles. The van der Waals surface area contributed by atoms with Crippen molar-refractivity contribution in [3.05, 3.63) is 29.6 Å². The molecule has 3 N–H and O–H groups in total. The zero-order chi connectivity index (χ0) is 13.7. The number of esters is 1. The Kier molecular flexibility index (Phi) is 4.65. The van der Waals surface area contributed by atoms with Gasteiger partial charge in [0.05, 0.1) is 17.9 Å². The van der Waals surface area contributed by atoms with Crippen molar-refractivity contribution in [2.45, 2.75) is 19.9 Å². The van der Waals surface area contributed by atoms with Gasteiger partial charge in [0.15, 0.2) is 0 Å². The second kappa shape index (κ2) is 6.00. The first kappa shape index (κ1) is 14.0. The van der Waals surface area contributed by atoms with Crippen LogP contribution in [-0.2, 0) is 9.53 Å². The molecule has 0 aliphatic rings. The molecule has 0 saturated carbocycles. The largest absolute Gasteiger partial charge is 0.464 e. The van der Waals surface area contributed by atoms with Gasteiger partial charge in [0.25, 0.3) is 5.91 Å². The Morgan fingerprint density at radius 1 is 1.50 bits per heavy atom. The van der Waals surface area contributed by atoms with Crippen LogP contribution in [0.2, 0.25) is 0 Å². The summed E-state index contributed by atoms with van der Waals surface area (Å²) >= 11 is 0. The molecule has 1 unspecified atom stereocenters. The number of hydrogen-bond donors (Lipinski definition) is 2. The molecule has 0 bridgehead atoms.